The molecule has 0 aromatic heterocycles. The van der Waals surface area contributed by atoms with Gasteiger partial charge in [0.25, 0.3) is 0 Å². The third-order valence-electron chi connectivity index (χ3n) is 6.10. The fourth-order valence-corrected chi connectivity index (χ4v) is 4.26. The van der Waals surface area contributed by atoms with E-state index in [1.165, 1.54) is 12.8 Å². The number of alkyl halides is 1. The van der Waals surface area contributed by atoms with Crippen LogP contribution in [0.4, 0.5) is 0 Å². The SMILES string of the molecule is C1CCOC1.C=C(C)C(=O)OC12CCCC1OC(=O)C2.C=C(C)C(=O)OC1CCCC1=O.CCOC(=O)CBr. The van der Waals surface area contributed by atoms with E-state index >= 15 is 0 Å². The van der Waals surface area contributed by atoms with Crippen LogP contribution < -0.4 is 0 Å². The average molecular weight is 618 g/mol. The maximum atomic E-state index is 11.5. The van der Waals surface area contributed by atoms with Gasteiger partial charge in [0, 0.05) is 30.8 Å². The molecule has 10 nitrogen and oxygen atoms in total. The van der Waals surface area contributed by atoms with Gasteiger partial charge in [-0.3, -0.25) is 14.4 Å². The lowest BCUT2D eigenvalue weighted by Gasteiger charge is -2.26. The third-order valence-corrected chi connectivity index (χ3v) is 6.56. The zero-order chi connectivity index (χ0) is 29.4. The summed E-state index contributed by atoms with van der Waals surface area (Å²) >= 11 is 2.94. The van der Waals surface area contributed by atoms with E-state index in [0.717, 1.165) is 32.5 Å². The van der Waals surface area contributed by atoms with E-state index in [9.17, 15) is 24.0 Å². The largest absolute Gasteiger partial charge is 0.465 e. The second-order valence-corrected chi connectivity index (χ2v) is 10.1. The van der Waals surface area contributed by atoms with Crippen LogP contribution in [-0.2, 0) is 47.7 Å². The van der Waals surface area contributed by atoms with Gasteiger partial charge in [0.2, 0.25) is 0 Å². The van der Waals surface area contributed by atoms with Gasteiger partial charge >= 0.3 is 23.9 Å². The molecular formula is C28H41BrO10. The van der Waals surface area contributed by atoms with E-state index < -0.39 is 23.6 Å². The topological polar surface area (TPSA) is 132 Å². The van der Waals surface area contributed by atoms with Crippen molar-refractivity contribution in [2.75, 3.05) is 25.2 Å². The monoisotopic (exact) mass is 616 g/mol. The first-order valence-corrected chi connectivity index (χ1v) is 14.3. The van der Waals surface area contributed by atoms with Crippen LogP contribution in [0, 0.1) is 0 Å². The molecule has 39 heavy (non-hydrogen) atoms. The van der Waals surface area contributed by atoms with Crippen molar-refractivity contribution in [3.05, 3.63) is 24.3 Å². The van der Waals surface area contributed by atoms with Crippen LogP contribution in [0.5, 0.6) is 0 Å². The van der Waals surface area contributed by atoms with Crippen LogP contribution in [0.1, 0.15) is 78.6 Å². The third kappa shape index (κ3) is 12.5. The molecule has 11 heteroatoms. The van der Waals surface area contributed by atoms with Crippen molar-refractivity contribution in [1.82, 2.24) is 0 Å². The highest BCUT2D eigenvalue weighted by Crippen LogP contribution is 2.43. The van der Waals surface area contributed by atoms with E-state index in [1.807, 2.05) is 0 Å². The van der Waals surface area contributed by atoms with Gasteiger partial charge in [0.1, 0.15) is 11.4 Å². The highest BCUT2D eigenvalue weighted by Gasteiger charge is 2.55. The van der Waals surface area contributed by atoms with Crippen LogP contribution in [0.2, 0.25) is 0 Å². The number of rotatable bonds is 6. The van der Waals surface area contributed by atoms with E-state index in [2.05, 4.69) is 33.8 Å². The van der Waals surface area contributed by atoms with Crippen molar-refractivity contribution in [1.29, 1.82) is 0 Å². The Kier molecular flexibility index (Phi) is 15.9. The van der Waals surface area contributed by atoms with E-state index in [1.54, 1.807) is 20.8 Å². The molecule has 4 rings (SSSR count). The fraction of sp³-hybridized carbons (Fsp3) is 0.679. The summed E-state index contributed by atoms with van der Waals surface area (Å²) in [5, 5.41) is 0.292. The molecule has 220 valence electrons. The summed E-state index contributed by atoms with van der Waals surface area (Å²) in [5.41, 5.74) is -0.00306. The maximum absolute atomic E-state index is 11.5. The lowest BCUT2D eigenvalue weighted by atomic mass is 9.98. The minimum absolute atomic E-state index is 0.0320. The van der Waals surface area contributed by atoms with Crippen molar-refractivity contribution in [2.24, 2.45) is 0 Å². The first kappa shape index (κ1) is 34.5. The molecule has 0 bridgehead atoms. The molecular weight excluding hydrogens is 576 g/mol. The molecule has 2 aliphatic carbocycles. The highest BCUT2D eigenvalue weighted by atomic mass is 79.9. The minimum atomic E-state index is -0.701. The molecule has 0 N–H and O–H groups in total. The molecule has 3 atom stereocenters. The predicted octanol–water partition coefficient (Wildman–Crippen LogP) is 4.31. The quantitative estimate of drug-likeness (QED) is 0.184. The smallest absolute Gasteiger partial charge is 0.333 e. The number of carbonyl (C=O) groups is 5. The van der Waals surface area contributed by atoms with Gasteiger partial charge in [-0.15, -0.1) is 0 Å². The molecule has 4 aliphatic rings. The Morgan fingerprint density at radius 2 is 1.64 bits per heavy atom. The zero-order valence-corrected chi connectivity index (χ0v) is 24.8. The van der Waals surface area contributed by atoms with Crippen molar-refractivity contribution >= 4 is 45.6 Å². The Balaban J connectivity index is 0.000000282. The number of halogens is 1. The lowest BCUT2D eigenvalue weighted by molar-refractivity contribution is -0.158. The summed E-state index contributed by atoms with van der Waals surface area (Å²) in [6, 6.07) is 0. The van der Waals surface area contributed by atoms with Crippen molar-refractivity contribution < 1.29 is 47.7 Å². The predicted molar refractivity (Wildman–Crippen MR) is 146 cm³/mol. The van der Waals surface area contributed by atoms with Crippen LogP contribution in [0.3, 0.4) is 0 Å². The van der Waals surface area contributed by atoms with E-state index in [-0.39, 0.29) is 30.2 Å². The molecule has 4 fully saturated rings. The molecule has 0 radical (unpaired) electrons. The van der Waals surface area contributed by atoms with Crippen LogP contribution in [0.15, 0.2) is 24.3 Å². The Hall–Kier alpha value is -2.53. The molecule has 2 saturated carbocycles. The molecule has 2 heterocycles. The number of hydrogen-bond donors (Lipinski definition) is 0. The number of ether oxygens (including phenoxy) is 5. The standard InChI is InChI=1S/C11H14O4.C9H12O3.C4H7BrO2.C4H8O/c1-7(2)10(13)15-11-5-3-4-8(11)14-9(12)6-11;1-6(2)9(11)12-8-5-3-4-7(8)10;1-2-7-4(6)3-5;1-2-4-5-3-1/h8H,1,3-6H2,2H3;8H,1,3-5H2,2H3;2-3H2,1H3;1-4H2. The Labute approximate surface area is 238 Å². The Morgan fingerprint density at radius 1 is 1.00 bits per heavy atom. The van der Waals surface area contributed by atoms with Crippen molar-refractivity contribution in [3.63, 3.8) is 0 Å². The summed E-state index contributed by atoms with van der Waals surface area (Å²) in [5.74, 6) is -1.34. The maximum Gasteiger partial charge on any atom is 0.333 e. The average Bonchev–Trinajstić information content (AvgIpc) is 3.68. The summed E-state index contributed by atoms with van der Waals surface area (Å²) in [6.07, 6.45) is 6.46. The van der Waals surface area contributed by atoms with Crippen molar-refractivity contribution in [2.45, 2.75) is 96.4 Å². The highest BCUT2D eigenvalue weighted by molar-refractivity contribution is 9.09. The van der Waals surface area contributed by atoms with Gasteiger partial charge in [0.05, 0.1) is 13.0 Å². The number of ketones is 1. The second-order valence-electron chi connectivity index (χ2n) is 9.57. The lowest BCUT2D eigenvalue weighted by Crippen LogP contribution is -2.38. The van der Waals surface area contributed by atoms with E-state index in [4.69, 9.17) is 18.9 Å². The fourth-order valence-electron chi connectivity index (χ4n) is 4.10. The van der Waals surface area contributed by atoms with Crippen molar-refractivity contribution in [3.8, 4) is 0 Å². The van der Waals surface area contributed by atoms with Gasteiger partial charge in [0.15, 0.2) is 17.5 Å². The van der Waals surface area contributed by atoms with E-state index in [0.29, 0.717) is 42.3 Å². The summed E-state index contributed by atoms with van der Waals surface area (Å²) in [4.78, 5) is 54.8. The minimum Gasteiger partial charge on any atom is -0.465 e. The van der Waals surface area contributed by atoms with Gasteiger partial charge in [-0.1, -0.05) is 29.1 Å². The summed E-state index contributed by atoms with van der Waals surface area (Å²) in [6.45, 7) is 14.4. The molecule has 0 aromatic rings. The Morgan fingerprint density at radius 3 is 2.08 bits per heavy atom. The molecule has 0 spiro atoms. The number of hydrogen-bond acceptors (Lipinski definition) is 10. The molecule has 3 unspecified atom stereocenters. The van der Waals surface area contributed by atoms with Gasteiger partial charge in [-0.25, -0.2) is 9.59 Å². The molecule has 2 aliphatic heterocycles. The number of fused-ring (bicyclic) bond motifs is 1. The van der Waals surface area contributed by atoms with Gasteiger partial charge in [-0.05, 0) is 65.7 Å². The number of Topliss-reactive ketones (excluding diaryl/α,β-unsaturated/α-hetero) is 1. The Bertz CT molecular complexity index is 887. The van der Waals surface area contributed by atoms with Gasteiger partial charge in [-0.2, -0.15) is 0 Å². The number of carbonyl (C=O) groups excluding carboxylic acids is 5. The first-order chi connectivity index (χ1) is 18.5. The van der Waals surface area contributed by atoms with Crippen LogP contribution in [-0.4, -0.2) is 72.6 Å². The summed E-state index contributed by atoms with van der Waals surface area (Å²) < 4.78 is 24.8. The second kappa shape index (κ2) is 17.9. The van der Waals surface area contributed by atoms with Crippen LogP contribution >= 0.6 is 15.9 Å². The molecule has 2 saturated heterocycles. The van der Waals surface area contributed by atoms with Crippen LogP contribution in [0.25, 0.3) is 0 Å². The number of esters is 4. The molecule has 0 amide bonds. The normalized spacial score (nSPS) is 24.3. The first-order valence-electron chi connectivity index (χ1n) is 13.2. The zero-order valence-electron chi connectivity index (χ0n) is 23.2. The molecule has 0 aromatic carbocycles. The van der Waals surface area contributed by atoms with Gasteiger partial charge < -0.3 is 23.7 Å². The summed E-state index contributed by atoms with van der Waals surface area (Å²) in [7, 11) is 0.